The van der Waals surface area contributed by atoms with Gasteiger partial charge in [-0.3, -0.25) is 9.36 Å². The lowest BCUT2D eigenvalue weighted by Gasteiger charge is -2.19. The minimum atomic E-state index is -3.93. The van der Waals surface area contributed by atoms with E-state index in [-0.39, 0.29) is 12.5 Å². The normalized spacial score (nSPS) is 14.3. The van der Waals surface area contributed by atoms with Crippen molar-refractivity contribution in [3.63, 3.8) is 0 Å². The lowest BCUT2D eigenvalue weighted by atomic mass is 10.1. The molecule has 0 aliphatic heterocycles. The van der Waals surface area contributed by atoms with Gasteiger partial charge >= 0.3 is 6.09 Å². The summed E-state index contributed by atoms with van der Waals surface area (Å²) in [6.45, 7) is 6.13. The molecule has 0 fully saturated rings. The Hall–Kier alpha value is -1.89. The zero-order valence-electron chi connectivity index (χ0n) is 15.4. The molecular weight excluding hydrogens is 357 g/mol. The first kappa shape index (κ1) is 22.2. The van der Waals surface area contributed by atoms with Gasteiger partial charge in [0.2, 0.25) is 5.91 Å². The summed E-state index contributed by atoms with van der Waals surface area (Å²) in [4.78, 5) is 33.4. The van der Waals surface area contributed by atoms with Crippen LogP contribution < -0.4 is 15.7 Å². The Morgan fingerprint density at radius 2 is 1.81 bits per heavy atom. The third-order valence-corrected chi connectivity index (χ3v) is 4.84. The largest absolute Gasteiger partial charge is 0.445 e. The molecule has 0 aliphatic carbocycles. The average Bonchev–Trinajstić information content (AvgIpc) is 2.58. The van der Waals surface area contributed by atoms with Crippen LogP contribution in [0.25, 0.3) is 0 Å². The van der Waals surface area contributed by atoms with Gasteiger partial charge in [0.15, 0.2) is 0 Å². The maximum absolute atomic E-state index is 12.1. The van der Waals surface area contributed by atoms with Gasteiger partial charge in [0.1, 0.15) is 12.9 Å². The zero-order valence-corrected chi connectivity index (χ0v) is 16.3. The molecule has 1 aromatic carbocycles. The van der Waals surface area contributed by atoms with E-state index in [4.69, 9.17) is 4.74 Å². The van der Waals surface area contributed by atoms with Crippen molar-refractivity contribution >= 4 is 19.5 Å². The molecular formula is C17H28N3O5P. The predicted octanol–water partition coefficient (Wildman–Crippen LogP) is 2.20. The van der Waals surface area contributed by atoms with Crippen LogP contribution in [0.15, 0.2) is 30.3 Å². The summed E-state index contributed by atoms with van der Waals surface area (Å²) < 4.78 is 17.0. The Balaban J connectivity index is 2.32. The van der Waals surface area contributed by atoms with E-state index in [1.807, 2.05) is 32.0 Å². The monoisotopic (exact) mass is 385 g/mol. The maximum atomic E-state index is 12.1. The first-order valence-corrected chi connectivity index (χ1v) is 10.4. The number of carbonyl (C=O) groups is 2. The summed E-state index contributed by atoms with van der Waals surface area (Å²) in [5.41, 5.74) is 0.805. The zero-order chi connectivity index (χ0) is 19.6. The van der Waals surface area contributed by atoms with E-state index in [0.29, 0.717) is 12.5 Å². The molecule has 0 bridgehead atoms. The highest BCUT2D eigenvalue weighted by Crippen LogP contribution is 2.34. The van der Waals surface area contributed by atoms with Crippen molar-refractivity contribution in [3.8, 4) is 0 Å². The molecule has 0 saturated carbocycles. The molecule has 1 rings (SSSR count). The SMILES string of the molecule is CC(C)CCNC(=O)[C@H](C)NP(=O)(O)CNC(=O)OCc1ccccc1. The number of nitrogens with one attached hydrogen (secondary N) is 3. The van der Waals surface area contributed by atoms with Crippen LogP contribution in [0.3, 0.4) is 0 Å². The van der Waals surface area contributed by atoms with Gasteiger partial charge in [-0.2, -0.15) is 0 Å². The second kappa shape index (κ2) is 11.0. The summed E-state index contributed by atoms with van der Waals surface area (Å²) in [6.07, 6.45) is -0.521. The summed E-state index contributed by atoms with van der Waals surface area (Å²) in [7, 11) is -3.93. The van der Waals surface area contributed by atoms with Crippen LogP contribution in [0.5, 0.6) is 0 Å². The van der Waals surface area contributed by atoms with E-state index in [0.717, 1.165) is 12.0 Å². The molecule has 0 radical (unpaired) electrons. The van der Waals surface area contributed by atoms with Crippen molar-refractivity contribution in [1.29, 1.82) is 0 Å². The summed E-state index contributed by atoms with van der Waals surface area (Å²) in [6, 6.07) is 8.21. The molecule has 1 aromatic rings. The third-order valence-electron chi connectivity index (χ3n) is 3.46. The minimum Gasteiger partial charge on any atom is -0.445 e. The number of carbonyl (C=O) groups excluding carboxylic acids is 2. The standard InChI is InChI=1S/C17H28N3O5P/c1-13(2)9-10-18-16(21)14(3)20-26(23,24)12-19-17(22)25-11-15-7-5-4-6-8-15/h4-8,13-14H,9-12H2,1-3H3,(H,18,21)(H,19,22)(H2,20,23,24)/t14-/m0/s1. The fraction of sp³-hybridized carbons (Fsp3) is 0.529. The molecule has 26 heavy (non-hydrogen) atoms. The second-order valence-electron chi connectivity index (χ2n) is 6.42. The van der Waals surface area contributed by atoms with Crippen LogP contribution in [0, 0.1) is 5.92 Å². The Bertz CT molecular complexity index is 624. The highest BCUT2D eigenvalue weighted by Gasteiger charge is 2.25. The Morgan fingerprint density at radius 1 is 1.15 bits per heavy atom. The van der Waals surface area contributed by atoms with Gasteiger partial charge in [-0.15, -0.1) is 0 Å². The van der Waals surface area contributed by atoms with Crippen LogP contribution in [0.1, 0.15) is 32.8 Å². The second-order valence-corrected chi connectivity index (χ2v) is 8.40. The fourth-order valence-electron chi connectivity index (χ4n) is 1.99. The van der Waals surface area contributed by atoms with Crippen LogP contribution in [-0.4, -0.2) is 35.8 Å². The highest BCUT2D eigenvalue weighted by molar-refractivity contribution is 7.55. The van der Waals surface area contributed by atoms with Crippen molar-refractivity contribution in [2.45, 2.75) is 39.8 Å². The van der Waals surface area contributed by atoms with Crippen molar-refractivity contribution < 1.29 is 23.8 Å². The number of alkyl carbamates (subject to hydrolysis) is 1. The van der Waals surface area contributed by atoms with E-state index in [2.05, 4.69) is 15.7 Å². The molecule has 2 atom stereocenters. The quantitative estimate of drug-likeness (QED) is 0.459. The van der Waals surface area contributed by atoms with E-state index in [9.17, 15) is 19.0 Å². The number of hydrogen-bond acceptors (Lipinski definition) is 4. The van der Waals surface area contributed by atoms with Gasteiger partial charge < -0.3 is 20.3 Å². The smallest absolute Gasteiger partial charge is 0.407 e. The van der Waals surface area contributed by atoms with Crippen LogP contribution in [0.2, 0.25) is 0 Å². The number of benzene rings is 1. The van der Waals surface area contributed by atoms with Gasteiger partial charge in [-0.1, -0.05) is 44.2 Å². The predicted molar refractivity (Wildman–Crippen MR) is 99.5 cm³/mol. The minimum absolute atomic E-state index is 0.0600. The molecule has 1 unspecified atom stereocenters. The van der Waals surface area contributed by atoms with Crippen LogP contribution in [-0.2, 0) is 20.7 Å². The topological polar surface area (TPSA) is 117 Å². The summed E-state index contributed by atoms with van der Waals surface area (Å²) in [5.74, 6) is 0.0835. The first-order valence-electron chi connectivity index (χ1n) is 8.51. The van der Waals surface area contributed by atoms with Crippen LogP contribution >= 0.6 is 7.52 Å². The fourth-order valence-corrected chi connectivity index (χ4v) is 3.15. The van der Waals surface area contributed by atoms with E-state index >= 15 is 0 Å². The van der Waals surface area contributed by atoms with Crippen molar-refractivity contribution in [2.24, 2.45) is 5.92 Å². The van der Waals surface area contributed by atoms with Gasteiger partial charge in [-0.05, 0) is 24.8 Å². The molecule has 4 N–H and O–H groups in total. The van der Waals surface area contributed by atoms with E-state index < -0.39 is 25.9 Å². The van der Waals surface area contributed by atoms with Crippen molar-refractivity contribution in [2.75, 3.05) is 12.8 Å². The van der Waals surface area contributed by atoms with Crippen molar-refractivity contribution in [3.05, 3.63) is 35.9 Å². The molecule has 146 valence electrons. The number of hydrogen-bond donors (Lipinski definition) is 4. The maximum Gasteiger partial charge on any atom is 0.407 e. The molecule has 0 aromatic heterocycles. The lowest BCUT2D eigenvalue weighted by Crippen LogP contribution is -2.42. The molecule has 0 spiro atoms. The number of ether oxygens (including phenoxy) is 1. The summed E-state index contributed by atoms with van der Waals surface area (Å²) in [5, 5.41) is 7.27. The van der Waals surface area contributed by atoms with Gasteiger partial charge in [0.05, 0.1) is 6.04 Å². The Labute approximate surface area is 154 Å². The van der Waals surface area contributed by atoms with Gasteiger partial charge in [-0.25, -0.2) is 9.88 Å². The highest BCUT2D eigenvalue weighted by atomic mass is 31.2. The van der Waals surface area contributed by atoms with E-state index in [1.54, 1.807) is 12.1 Å². The lowest BCUT2D eigenvalue weighted by molar-refractivity contribution is -0.122. The van der Waals surface area contributed by atoms with Crippen LogP contribution in [0.4, 0.5) is 4.79 Å². The Kier molecular flexibility index (Phi) is 9.34. The summed E-state index contributed by atoms with van der Waals surface area (Å²) >= 11 is 0. The molecule has 0 heterocycles. The first-order chi connectivity index (χ1) is 12.2. The van der Waals surface area contributed by atoms with Crippen molar-refractivity contribution in [1.82, 2.24) is 15.7 Å². The molecule has 9 heteroatoms. The average molecular weight is 385 g/mol. The third kappa shape index (κ3) is 9.56. The number of amides is 2. The molecule has 2 amide bonds. The van der Waals surface area contributed by atoms with Gasteiger partial charge in [0, 0.05) is 6.54 Å². The van der Waals surface area contributed by atoms with E-state index in [1.165, 1.54) is 6.92 Å². The molecule has 0 aliphatic rings. The molecule has 8 nitrogen and oxygen atoms in total. The Morgan fingerprint density at radius 3 is 2.42 bits per heavy atom. The molecule has 0 saturated heterocycles. The number of rotatable bonds is 10. The van der Waals surface area contributed by atoms with Gasteiger partial charge in [0.25, 0.3) is 7.52 Å².